The first kappa shape index (κ1) is 19.0. The summed E-state index contributed by atoms with van der Waals surface area (Å²) in [6.45, 7) is 4.70. The minimum Gasteiger partial charge on any atom is -0.402 e. The second-order valence-corrected chi connectivity index (χ2v) is 7.42. The van der Waals surface area contributed by atoms with Gasteiger partial charge in [-0.3, -0.25) is 5.10 Å². The molecule has 4 rings (SSSR count). The van der Waals surface area contributed by atoms with Crippen molar-refractivity contribution in [3.05, 3.63) is 77.4 Å². The van der Waals surface area contributed by atoms with E-state index in [-0.39, 0.29) is 0 Å². The molecule has 1 unspecified atom stereocenters. The van der Waals surface area contributed by atoms with Crippen molar-refractivity contribution in [3.63, 3.8) is 0 Å². The fraction of sp³-hybridized carbons (Fsp3) is 0.273. The highest BCUT2D eigenvalue weighted by molar-refractivity contribution is 6.00. The van der Waals surface area contributed by atoms with E-state index in [0.29, 0.717) is 17.7 Å². The highest BCUT2D eigenvalue weighted by Crippen LogP contribution is 2.17. The summed E-state index contributed by atoms with van der Waals surface area (Å²) in [7, 11) is 0. The summed E-state index contributed by atoms with van der Waals surface area (Å²) in [5.74, 6) is 1.14. The molecule has 0 aliphatic carbocycles. The molecule has 2 heterocycles. The maximum Gasteiger partial charge on any atom is 0.146 e. The van der Waals surface area contributed by atoms with Crippen molar-refractivity contribution < 1.29 is 0 Å². The molecular weight excluding hydrogens is 362 g/mol. The number of nitrogens with one attached hydrogen (secondary N) is 2. The quantitative estimate of drug-likeness (QED) is 0.393. The van der Waals surface area contributed by atoms with Gasteiger partial charge in [0, 0.05) is 42.8 Å². The summed E-state index contributed by atoms with van der Waals surface area (Å²) in [4.78, 5) is 6.83. The summed E-state index contributed by atoms with van der Waals surface area (Å²) >= 11 is 0. The zero-order valence-electron chi connectivity index (χ0n) is 16.6. The summed E-state index contributed by atoms with van der Waals surface area (Å²) in [6, 6.07) is 14.7. The highest BCUT2D eigenvalue weighted by Gasteiger charge is 2.22. The average Bonchev–Trinajstić information content (AvgIpc) is 3.21. The Morgan fingerprint density at radius 2 is 2.17 bits per heavy atom. The first-order valence-electron chi connectivity index (χ1n) is 9.86. The van der Waals surface area contributed by atoms with Gasteiger partial charge in [0.2, 0.25) is 0 Å². The molecule has 0 radical (unpaired) electrons. The van der Waals surface area contributed by atoms with Crippen molar-refractivity contribution in [2.45, 2.75) is 19.4 Å². The molecular formula is C22H27N7. The molecule has 0 bridgehead atoms. The first-order chi connectivity index (χ1) is 14.1. The molecule has 0 amide bonds. The van der Waals surface area contributed by atoms with Gasteiger partial charge in [0.05, 0.1) is 11.7 Å². The number of amidine groups is 1. The predicted molar refractivity (Wildman–Crippen MR) is 117 cm³/mol. The molecule has 29 heavy (non-hydrogen) atoms. The molecule has 0 saturated carbocycles. The first-order valence-corrected chi connectivity index (χ1v) is 9.86. The van der Waals surface area contributed by atoms with Crippen molar-refractivity contribution >= 4 is 16.7 Å². The van der Waals surface area contributed by atoms with Crippen molar-refractivity contribution in [2.24, 2.45) is 16.5 Å². The van der Waals surface area contributed by atoms with Gasteiger partial charge < -0.3 is 21.7 Å². The normalized spacial score (nSPS) is 18.4. The number of aryl methyl sites for hydroxylation is 1. The number of aliphatic imine (C=N–C) groups is 1. The van der Waals surface area contributed by atoms with Gasteiger partial charge in [-0.2, -0.15) is 5.10 Å². The number of H-pyrrole nitrogens is 1. The van der Waals surface area contributed by atoms with Crippen LogP contribution < -0.4 is 16.8 Å². The number of fused-ring (bicyclic) bond motifs is 1. The lowest BCUT2D eigenvalue weighted by molar-refractivity contribution is 0.243. The van der Waals surface area contributed by atoms with Gasteiger partial charge in [0.25, 0.3) is 0 Å². The van der Waals surface area contributed by atoms with Crippen molar-refractivity contribution in [1.29, 1.82) is 0 Å². The van der Waals surface area contributed by atoms with Gasteiger partial charge in [0.15, 0.2) is 0 Å². The molecule has 7 heteroatoms. The van der Waals surface area contributed by atoms with Crippen LogP contribution in [0.4, 0.5) is 0 Å². The second-order valence-electron chi connectivity index (χ2n) is 7.42. The molecule has 1 aliphatic rings. The van der Waals surface area contributed by atoms with Crippen LogP contribution in [0.3, 0.4) is 0 Å². The molecule has 3 aromatic rings. The third kappa shape index (κ3) is 4.25. The Balaban J connectivity index is 1.49. The van der Waals surface area contributed by atoms with Crippen LogP contribution in [0.5, 0.6) is 0 Å². The third-order valence-electron chi connectivity index (χ3n) is 5.43. The Hall–Kier alpha value is -3.32. The smallest absolute Gasteiger partial charge is 0.146 e. The van der Waals surface area contributed by atoms with Crippen LogP contribution in [0, 0.1) is 6.92 Å². The van der Waals surface area contributed by atoms with Gasteiger partial charge >= 0.3 is 0 Å². The van der Waals surface area contributed by atoms with Gasteiger partial charge in [-0.05, 0) is 42.7 Å². The van der Waals surface area contributed by atoms with E-state index in [1.54, 1.807) is 12.4 Å². The molecule has 150 valence electrons. The lowest BCUT2D eigenvalue weighted by Gasteiger charge is -2.35. The van der Waals surface area contributed by atoms with E-state index in [1.807, 2.05) is 18.2 Å². The SMILES string of the molecule is Cc1ccccc1CC1CN(C(=C/N)/N=C(\N)c2ccc3[nH]ncc3c2)CCN1. The maximum atomic E-state index is 6.30. The minimum atomic E-state index is 0.332. The zero-order valence-corrected chi connectivity index (χ0v) is 16.6. The molecule has 2 aromatic carbocycles. The van der Waals surface area contributed by atoms with Crippen LogP contribution in [0.2, 0.25) is 0 Å². The van der Waals surface area contributed by atoms with Crippen LogP contribution in [0.15, 0.2) is 65.7 Å². The summed E-state index contributed by atoms with van der Waals surface area (Å²) in [5.41, 5.74) is 16.7. The average molecular weight is 390 g/mol. The Morgan fingerprint density at radius 3 is 3.00 bits per heavy atom. The molecule has 0 spiro atoms. The number of rotatable bonds is 5. The maximum absolute atomic E-state index is 6.30. The van der Waals surface area contributed by atoms with Crippen LogP contribution in [-0.2, 0) is 6.42 Å². The molecule has 7 nitrogen and oxygen atoms in total. The predicted octanol–water partition coefficient (Wildman–Crippen LogP) is 1.85. The van der Waals surface area contributed by atoms with E-state index >= 15 is 0 Å². The lowest BCUT2D eigenvalue weighted by Crippen LogP contribution is -2.51. The minimum absolute atomic E-state index is 0.332. The van der Waals surface area contributed by atoms with Crippen molar-refractivity contribution in [1.82, 2.24) is 20.4 Å². The van der Waals surface area contributed by atoms with Gasteiger partial charge in [-0.1, -0.05) is 24.3 Å². The molecule has 6 N–H and O–H groups in total. The Kier molecular flexibility index (Phi) is 5.48. The van der Waals surface area contributed by atoms with Crippen LogP contribution in [-0.4, -0.2) is 46.6 Å². The fourth-order valence-corrected chi connectivity index (χ4v) is 3.78. The summed E-state index contributed by atoms with van der Waals surface area (Å²) in [6.07, 6.45) is 4.29. The van der Waals surface area contributed by atoms with Crippen LogP contribution >= 0.6 is 0 Å². The topological polar surface area (TPSA) is 108 Å². The van der Waals surface area contributed by atoms with E-state index in [1.165, 1.54) is 11.1 Å². The van der Waals surface area contributed by atoms with E-state index in [9.17, 15) is 0 Å². The van der Waals surface area contributed by atoms with E-state index < -0.39 is 0 Å². The number of aromatic nitrogens is 2. The monoisotopic (exact) mass is 389 g/mol. The number of nitrogens with two attached hydrogens (primary N) is 2. The van der Waals surface area contributed by atoms with Crippen LogP contribution in [0.1, 0.15) is 16.7 Å². The number of aromatic amines is 1. The standard InChI is InChI=1S/C22H27N7/c1-15-4-2-3-5-16(15)11-19-14-29(9-8-25-19)21(12-23)27-22(24)17-6-7-20-18(10-17)13-26-28-20/h2-7,10,12-13,19,25H,8-9,11,14,23H2,1H3,(H2,24,27)(H,26,28)/b21-12+. The van der Waals surface area contributed by atoms with Gasteiger partial charge in [0.1, 0.15) is 11.7 Å². The highest BCUT2D eigenvalue weighted by atomic mass is 15.3. The lowest BCUT2D eigenvalue weighted by atomic mass is 10.00. The fourth-order valence-electron chi connectivity index (χ4n) is 3.78. The Morgan fingerprint density at radius 1 is 1.31 bits per heavy atom. The van der Waals surface area contributed by atoms with E-state index in [2.05, 4.69) is 56.6 Å². The number of piperazine rings is 1. The van der Waals surface area contributed by atoms with Crippen LogP contribution in [0.25, 0.3) is 10.9 Å². The number of benzene rings is 2. The van der Waals surface area contributed by atoms with E-state index in [0.717, 1.165) is 42.5 Å². The van der Waals surface area contributed by atoms with Crippen molar-refractivity contribution in [2.75, 3.05) is 19.6 Å². The molecule has 1 aromatic heterocycles. The summed E-state index contributed by atoms with van der Waals surface area (Å²) in [5, 5.41) is 11.6. The van der Waals surface area contributed by atoms with Gasteiger partial charge in [-0.25, -0.2) is 4.99 Å². The Labute approximate surface area is 170 Å². The largest absolute Gasteiger partial charge is 0.402 e. The second kappa shape index (κ2) is 8.36. The van der Waals surface area contributed by atoms with Crippen molar-refractivity contribution in [3.8, 4) is 0 Å². The number of hydrogen-bond acceptors (Lipinski definition) is 5. The third-order valence-corrected chi connectivity index (χ3v) is 5.43. The number of nitrogens with zero attached hydrogens (tertiary/aromatic N) is 3. The van der Waals surface area contributed by atoms with E-state index in [4.69, 9.17) is 11.5 Å². The summed E-state index contributed by atoms with van der Waals surface area (Å²) < 4.78 is 0. The number of hydrogen-bond donors (Lipinski definition) is 4. The molecule has 1 fully saturated rings. The molecule has 1 aliphatic heterocycles. The van der Waals surface area contributed by atoms with Gasteiger partial charge in [-0.15, -0.1) is 0 Å². The molecule has 1 saturated heterocycles. The zero-order chi connectivity index (χ0) is 20.2. The molecule has 1 atom stereocenters. The Bertz CT molecular complexity index is 1050.